The maximum atomic E-state index is 12.5. The quantitative estimate of drug-likeness (QED) is 0.851. The molecule has 8 nitrogen and oxygen atoms in total. The molecular formula is C20H25N5O3. The van der Waals surface area contributed by atoms with E-state index < -0.39 is 6.10 Å². The van der Waals surface area contributed by atoms with Gasteiger partial charge in [-0.15, -0.1) is 10.2 Å². The number of rotatable bonds is 5. The molecule has 0 saturated carbocycles. The number of carbonyl (C=O) groups is 2. The first-order chi connectivity index (χ1) is 13.6. The number of hydrogen-bond acceptors (Lipinski definition) is 5. The van der Waals surface area contributed by atoms with Crippen molar-refractivity contribution >= 4 is 17.5 Å². The molecule has 0 bridgehead atoms. The van der Waals surface area contributed by atoms with Crippen molar-refractivity contribution in [2.75, 3.05) is 11.4 Å². The van der Waals surface area contributed by atoms with E-state index in [9.17, 15) is 9.59 Å². The van der Waals surface area contributed by atoms with Crippen LogP contribution in [0.4, 0.5) is 5.69 Å². The molecule has 0 unspecified atom stereocenters. The molecule has 1 atom stereocenters. The van der Waals surface area contributed by atoms with Gasteiger partial charge in [-0.2, -0.15) is 0 Å². The third-order valence-electron chi connectivity index (χ3n) is 5.27. The zero-order valence-corrected chi connectivity index (χ0v) is 16.1. The zero-order valence-electron chi connectivity index (χ0n) is 16.1. The smallest absolute Gasteiger partial charge is 0.267 e. The van der Waals surface area contributed by atoms with Crippen LogP contribution >= 0.6 is 0 Å². The highest BCUT2D eigenvalue weighted by Gasteiger charge is 2.31. The van der Waals surface area contributed by atoms with Crippen LogP contribution in [0.5, 0.6) is 5.75 Å². The Morgan fingerprint density at radius 3 is 3.00 bits per heavy atom. The van der Waals surface area contributed by atoms with E-state index in [1.54, 1.807) is 11.8 Å². The molecule has 0 fully saturated rings. The highest BCUT2D eigenvalue weighted by molar-refractivity contribution is 6.00. The lowest BCUT2D eigenvalue weighted by molar-refractivity contribution is -0.125. The van der Waals surface area contributed by atoms with Crippen LogP contribution in [0.25, 0.3) is 0 Å². The van der Waals surface area contributed by atoms with Gasteiger partial charge in [0.15, 0.2) is 11.9 Å². The van der Waals surface area contributed by atoms with Crippen LogP contribution in [-0.4, -0.2) is 39.2 Å². The van der Waals surface area contributed by atoms with Crippen molar-refractivity contribution in [1.29, 1.82) is 0 Å². The average molecular weight is 383 g/mol. The summed E-state index contributed by atoms with van der Waals surface area (Å²) in [6.07, 6.45) is 4.05. The molecular weight excluding hydrogens is 358 g/mol. The summed E-state index contributed by atoms with van der Waals surface area (Å²) < 4.78 is 7.75. The minimum Gasteiger partial charge on any atom is -0.479 e. The van der Waals surface area contributed by atoms with Gasteiger partial charge in [0.05, 0.1) is 12.2 Å². The maximum absolute atomic E-state index is 12.5. The maximum Gasteiger partial charge on any atom is 0.267 e. The van der Waals surface area contributed by atoms with Crippen molar-refractivity contribution < 1.29 is 14.3 Å². The summed E-state index contributed by atoms with van der Waals surface area (Å²) >= 11 is 0. The van der Waals surface area contributed by atoms with E-state index in [4.69, 9.17) is 4.74 Å². The molecule has 0 radical (unpaired) electrons. The number of hydrogen-bond donors (Lipinski definition) is 1. The molecule has 2 aliphatic rings. The predicted molar refractivity (Wildman–Crippen MR) is 103 cm³/mol. The fourth-order valence-electron chi connectivity index (χ4n) is 3.74. The lowest BCUT2D eigenvalue weighted by atomic mass is 10.1. The molecule has 1 N–H and O–H groups in total. The summed E-state index contributed by atoms with van der Waals surface area (Å²) in [5.74, 6) is 2.23. The van der Waals surface area contributed by atoms with Gasteiger partial charge in [0.2, 0.25) is 5.91 Å². The van der Waals surface area contributed by atoms with Gasteiger partial charge in [0.25, 0.3) is 5.91 Å². The van der Waals surface area contributed by atoms with Crippen molar-refractivity contribution in [1.82, 2.24) is 20.1 Å². The van der Waals surface area contributed by atoms with Crippen molar-refractivity contribution in [2.24, 2.45) is 0 Å². The average Bonchev–Trinajstić information content (AvgIpc) is 2.92. The van der Waals surface area contributed by atoms with Crippen LogP contribution in [0.3, 0.4) is 0 Å². The second-order valence-electron chi connectivity index (χ2n) is 7.24. The Hall–Kier alpha value is -2.90. The molecule has 0 spiro atoms. The topological polar surface area (TPSA) is 89.3 Å². The van der Waals surface area contributed by atoms with E-state index in [0.29, 0.717) is 24.5 Å². The number of anilines is 1. The molecule has 28 heavy (non-hydrogen) atoms. The Morgan fingerprint density at radius 2 is 2.11 bits per heavy atom. The first kappa shape index (κ1) is 18.5. The van der Waals surface area contributed by atoms with Gasteiger partial charge < -0.3 is 19.5 Å². The molecule has 8 heteroatoms. The van der Waals surface area contributed by atoms with Crippen LogP contribution in [0, 0.1) is 0 Å². The summed E-state index contributed by atoms with van der Waals surface area (Å²) in [4.78, 5) is 26.5. The Kier molecular flexibility index (Phi) is 5.27. The number of ether oxygens (including phenoxy) is 1. The summed E-state index contributed by atoms with van der Waals surface area (Å²) in [6, 6.07) is 7.40. The number of aromatic nitrogens is 3. The molecule has 0 aliphatic carbocycles. The van der Waals surface area contributed by atoms with Crippen LogP contribution in [-0.2, 0) is 29.1 Å². The van der Waals surface area contributed by atoms with Crippen molar-refractivity contribution in [3.05, 3.63) is 35.9 Å². The van der Waals surface area contributed by atoms with E-state index in [0.717, 1.165) is 37.5 Å². The largest absolute Gasteiger partial charge is 0.479 e. The summed E-state index contributed by atoms with van der Waals surface area (Å²) in [7, 11) is 0. The molecule has 2 amide bonds. The fourth-order valence-corrected chi connectivity index (χ4v) is 3.74. The van der Waals surface area contributed by atoms with Crippen molar-refractivity contribution in [2.45, 2.75) is 58.2 Å². The van der Waals surface area contributed by atoms with Crippen LogP contribution < -0.4 is 15.0 Å². The Balaban J connectivity index is 1.35. The molecule has 3 heterocycles. The van der Waals surface area contributed by atoms with E-state index in [-0.39, 0.29) is 18.2 Å². The Labute approximate surface area is 163 Å². The zero-order chi connectivity index (χ0) is 19.5. The lowest BCUT2D eigenvalue weighted by Gasteiger charge is -2.32. The summed E-state index contributed by atoms with van der Waals surface area (Å²) in [6.45, 7) is 3.30. The van der Waals surface area contributed by atoms with E-state index in [2.05, 4.69) is 20.1 Å². The molecule has 148 valence electrons. The van der Waals surface area contributed by atoms with E-state index in [1.807, 2.05) is 24.3 Å². The lowest BCUT2D eigenvalue weighted by Crippen LogP contribution is -2.45. The Bertz CT molecular complexity index is 878. The minimum absolute atomic E-state index is 0.115. The van der Waals surface area contributed by atoms with Crippen molar-refractivity contribution in [3.8, 4) is 5.75 Å². The SMILES string of the molecule is C[C@H]1Oc2ccccc2N(CCC(=O)NCc2nnc3n2CCCCC3)C1=O. The third kappa shape index (κ3) is 3.72. The first-order valence-corrected chi connectivity index (χ1v) is 9.88. The van der Waals surface area contributed by atoms with Gasteiger partial charge in [-0.3, -0.25) is 9.59 Å². The number of amides is 2. The normalized spacial score (nSPS) is 18.7. The van der Waals surface area contributed by atoms with Gasteiger partial charge in [-0.05, 0) is 31.9 Å². The fraction of sp³-hybridized carbons (Fsp3) is 0.500. The molecule has 0 saturated heterocycles. The van der Waals surface area contributed by atoms with Crippen LogP contribution in [0.2, 0.25) is 0 Å². The Morgan fingerprint density at radius 1 is 1.25 bits per heavy atom. The molecule has 1 aromatic carbocycles. The standard InChI is InChI=1S/C20H25N5O3/c1-14-20(27)24(15-7-4-5-8-16(15)28-14)12-10-19(26)21-13-18-23-22-17-9-3-2-6-11-25(17)18/h4-5,7-8,14H,2-3,6,9-13H2,1H3,(H,21,26)/t14-/m1/s1. The predicted octanol–water partition coefficient (Wildman–Crippen LogP) is 1.82. The molecule has 4 rings (SSSR count). The van der Waals surface area contributed by atoms with E-state index in [1.165, 1.54) is 6.42 Å². The highest BCUT2D eigenvalue weighted by Crippen LogP contribution is 2.33. The summed E-state index contributed by atoms with van der Waals surface area (Å²) in [5.41, 5.74) is 0.709. The number of nitrogens with zero attached hydrogens (tertiary/aromatic N) is 4. The minimum atomic E-state index is -0.551. The number of carbonyl (C=O) groups excluding carboxylic acids is 2. The molecule has 2 aromatic rings. The third-order valence-corrected chi connectivity index (χ3v) is 5.27. The van der Waals surface area contributed by atoms with Gasteiger partial charge in [-0.1, -0.05) is 18.6 Å². The number of para-hydroxylation sites is 2. The number of aryl methyl sites for hydroxylation is 1. The first-order valence-electron chi connectivity index (χ1n) is 9.88. The monoisotopic (exact) mass is 383 g/mol. The number of benzene rings is 1. The number of fused-ring (bicyclic) bond motifs is 2. The van der Waals surface area contributed by atoms with E-state index >= 15 is 0 Å². The van der Waals surface area contributed by atoms with Crippen LogP contribution in [0.1, 0.15) is 44.3 Å². The van der Waals surface area contributed by atoms with Gasteiger partial charge >= 0.3 is 0 Å². The van der Waals surface area contributed by atoms with Crippen LogP contribution in [0.15, 0.2) is 24.3 Å². The van der Waals surface area contributed by atoms with Gasteiger partial charge in [0.1, 0.15) is 11.6 Å². The second kappa shape index (κ2) is 8.00. The number of nitrogens with one attached hydrogen (secondary N) is 1. The van der Waals surface area contributed by atoms with Gasteiger partial charge in [0, 0.05) is 25.9 Å². The summed E-state index contributed by atoms with van der Waals surface area (Å²) in [5, 5.41) is 11.4. The molecule has 1 aromatic heterocycles. The van der Waals surface area contributed by atoms with Crippen molar-refractivity contribution in [3.63, 3.8) is 0 Å². The molecule has 2 aliphatic heterocycles. The highest BCUT2D eigenvalue weighted by atomic mass is 16.5. The second-order valence-corrected chi connectivity index (χ2v) is 7.24. The van der Waals surface area contributed by atoms with Gasteiger partial charge in [-0.25, -0.2) is 0 Å².